The molecule has 1 atom stereocenters. The zero-order valence-electron chi connectivity index (χ0n) is 12.6. The number of benzene rings is 1. The number of hydrogen-bond donors (Lipinski definition) is 1. The van der Waals surface area contributed by atoms with E-state index in [9.17, 15) is 0 Å². The van der Waals surface area contributed by atoms with E-state index >= 15 is 0 Å². The van der Waals surface area contributed by atoms with Gasteiger partial charge in [-0.15, -0.1) is 0 Å². The summed E-state index contributed by atoms with van der Waals surface area (Å²) in [5.74, 6) is 1.58. The fourth-order valence-corrected chi connectivity index (χ4v) is 2.05. The molecule has 0 saturated carbocycles. The second-order valence-corrected chi connectivity index (χ2v) is 4.68. The van der Waals surface area contributed by atoms with Crippen LogP contribution in [0.1, 0.15) is 25.5 Å². The van der Waals surface area contributed by atoms with Crippen LogP contribution in [0.4, 0.5) is 0 Å². The molecule has 0 bridgehead atoms. The Morgan fingerprint density at radius 1 is 1.05 bits per heavy atom. The molecule has 0 aliphatic rings. The quantitative estimate of drug-likeness (QED) is 0.757. The van der Waals surface area contributed by atoms with Crippen LogP contribution in [0.3, 0.4) is 0 Å². The third kappa shape index (κ3) is 4.76. The molecule has 112 valence electrons. The topological polar surface area (TPSA) is 43.4 Å². The van der Waals surface area contributed by atoms with Crippen molar-refractivity contribution in [2.45, 2.75) is 19.9 Å². The van der Waals surface area contributed by atoms with Crippen molar-refractivity contribution in [1.29, 1.82) is 0 Å². The first-order valence-corrected chi connectivity index (χ1v) is 7.29. The molecular formula is C17H22N2O2. The summed E-state index contributed by atoms with van der Waals surface area (Å²) in [6.45, 7) is 6.10. The molecule has 0 radical (unpaired) electrons. The Labute approximate surface area is 126 Å². The molecule has 4 heteroatoms. The van der Waals surface area contributed by atoms with Gasteiger partial charge in [0.25, 0.3) is 0 Å². The van der Waals surface area contributed by atoms with Gasteiger partial charge in [0.2, 0.25) is 0 Å². The average molecular weight is 286 g/mol. The number of aromatic nitrogens is 1. The molecule has 1 aromatic carbocycles. The van der Waals surface area contributed by atoms with Gasteiger partial charge in [-0.25, -0.2) is 0 Å². The number of nitrogens with one attached hydrogen (secondary N) is 1. The maximum absolute atomic E-state index is 5.78. The van der Waals surface area contributed by atoms with E-state index in [0.29, 0.717) is 13.2 Å². The third-order valence-corrected chi connectivity index (χ3v) is 3.17. The van der Waals surface area contributed by atoms with Crippen molar-refractivity contribution in [3.8, 4) is 11.5 Å². The summed E-state index contributed by atoms with van der Waals surface area (Å²) < 4.78 is 11.3. The molecule has 2 rings (SSSR count). The Balaban J connectivity index is 1.77. The molecule has 21 heavy (non-hydrogen) atoms. The van der Waals surface area contributed by atoms with Crippen LogP contribution in [0, 0.1) is 0 Å². The van der Waals surface area contributed by atoms with E-state index in [-0.39, 0.29) is 6.04 Å². The Kier molecular flexibility index (Phi) is 6.03. The van der Waals surface area contributed by atoms with E-state index in [4.69, 9.17) is 9.47 Å². The number of hydrogen-bond acceptors (Lipinski definition) is 4. The highest BCUT2D eigenvalue weighted by atomic mass is 16.5. The molecule has 2 aromatic rings. The van der Waals surface area contributed by atoms with Crippen molar-refractivity contribution in [3.05, 3.63) is 54.4 Å². The second kappa shape index (κ2) is 8.27. The van der Waals surface area contributed by atoms with Gasteiger partial charge in [-0.3, -0.25) is 4.98 Å². The molecule has 1 heterocycles. The molecule has 0 unspecified atom stereocenters. The van der Waals surface area contributed by atoms with Crippen LogP contribution < -0.4 is 14.8 Å². The molecule has 0 spiro atoms. The van der Waals surface area contributed by atoms with Gasteiger partial charge in [-0.2, -0.15) is 0 Å². The normalized spacial score (nSPS) is 11.9. The minimum atomic E-state index is 0.277. The van der Waals surface area contributed by atoms with Crippen molar-refractivity contribution in [2.75, 3.05) is 19.8 Å². The van der Waals surface area contributed by atoms with Crippen LogP contribution >= 0.6 is 0 Å². The van der Waals surface area contributed by atoms with Crippen molar-refractivity contribution >= 4 is 0 Å². The van der Waals surface area contributed by atoms with Gasteiger partial charge >= 0.3 is 0 Å². The van der Waals surface area contributed by atoms with Gasteiger partial charge in [0.1, 0.15) is 6.61 Å². The summed E-state index contributed by atoms with van der Waals surface area (Å²) in [4.78, 5) is 4.02. The van der Waals surface area contributed by atoms with Crippen LogP contribution in [0.25, 0.3) is 0 Å². The number of pyridine rings is 1. The van der Waals surface area contributed by atoms with E-state index < -0.39 is 0 Å². The molecule has 1 N–H and O–H groups in total. The van der Waals surface area contributed by atoms with Gasteiger partial charge in [0.15, 0.2) is 11.5 Å². The van der Waals surface area contributed by atoms with Gasteiger partial charge in [0.05, 0.1) is 6.61 Å². The van der Waals surface area contributed by atoms with Gasteiger partial charge in [0, 0.05) is 25.0 Å². The fraction of sp³-hybridized carbons (Fsp3) is 0.353. The van der Waals surface area contributed by atoms with Crippen molar-refractivity contribution in [1.82, 2.24) is 10.3 Å². The monoisotopic (exact) mass is 286 g/mol. The van der Waals surface area contributed by atoms with E-state index in [1.165, 1.54) is 5.56 Å². The van der Waals surface area contributed by atoms with Crippen LogP contribution in [0.2, 0.25) is 0 Å². The van der Waals surface area contributed by atoms with Crippen molar-refractivity contribution < 1.29 is 9.47 Å². The lowest BCUT2D eigenvalue weighted by atomic mass is 10.1. The highest BCUT2D eigenvalue weighted by Gasteiger charge is 2.05. The van der Waals surface area contributed by atoms with Gasteiger partial charge in [-0.1, -0.05) is 12.1 Å². The molecule has 0 amide bonds. The van der Waals surface area contributed by atoms with Crippen molar-refractivity contribution in [3.63, 3.8) is 0 Å². The van der Waals surface area contributed by atoms with E-state index in [0.717, 1.165) is 18.0 Å². The Hall–Kier alpha value is -2.07. The third-order valence-electron chi connectivity index (χ3n) is 3.17. The first kappa shape index (κ1) is 15.3. The maximum Gasteiger partial charge on any atom is 0.161 e. The van der Waals surface area contributed by atoms with E-state index in [1.54, 1.807) is 0 Å². The Morgan fingerprint density at radius 2 is 1.71 bits per heavy atom. The highest BCUT2D eigenvalue weighted by Crippen LogP contribution is 2.26. The number of para-hydroxylation sites is 2. The summed E-state index contributed by atoms with van der Waals surface area (Å²) in [5.41, 5.74) is 1.22. The number of nitrogens with zero attached hydrogens (tertiary/aromatic N) is 1. The predicted molar refractivity (Wildman–Crippen MR) is 83.8 cm³/mol. The predicted octanol–water partition coefficient (Wildman–Crippen LogP) is 3.21. The molecule has 1 aromatic heterocycles. The van der Waals surface area contributed by atoms with Crippen molar-refractivity contribution in [2.24, 2.45) is 0 Å². The lowest BCUT2D eigenvalue weighted by molar-refractivity contribution is 0.273. The zero-order chi connectivity index (χ0) is 14.9. The largest absolute Gasteiger partial charge is 0.490 e. The molecule has 0 aliphatic heterocycles. The summed E-state index contributed by atoms with van der Waals surface area (Å²) >= 11 is 0. The van der Waals surface area contributed by atoms with Crippen LogP contribution in [-0.2, 0) is 0 Å². The molecular weight excluding hydrogens is 264 g/mol. The lowest BCUT2D eigenvalue weighted by Crippen LogP contribution is -2.24. The summed E-state index contributed by atoms with van der Waals surface area (Å²) in [5, 5.41) is 3.43. The zero-order valence-corrected chi connectivity index (χ0v) is 12.6. The van der Waals surface area contributed by atoms with E-state index in [2.05, 4.69) is 17.2 Å². The standard InChI is InChI=1S/C17H22N2O2/c1-3-20-16-6-4-5-7-17(16)21-13-12-19-14(2)15-8-10-18-11-9-15/h4-11,14,19H,3,12-13H2,1-2H3/t14-/m0/s1. The first-order valence-electron chi connectivity index (χ1n) is 7.29. The second-order valence-electron chi connectivity index (χ2n) is 4.68. The molecule has 4 nitrogen and oxygen atoms in total. The number of ether oxygens (including phenoxy) is 2. The SMILES string of the molecule is CCOc1ccccc1OCCN[C@@H](C)c1ccncc1. The molecule has 0 fully saturated rings. The minimum Gasteiger partial charge on any atom is -0.490 e. The smallest absolute Gasteiger partial charge is 0.161 e. The summed E-state index contributed by atoms with van der Waals surface area (Å²) in [6, 6.07) is 12.1. The van der Waals surface area contributed by atoms with Crippen LogP contribution in [0.5, 0.6) is 11.5 Å². The van der Waals surface area contributed by atoms with E-state index in [1.807, 2.05) is 55.7 Å². The first-order chi connectivity index (χ1) is 10.3. The Morgan fingerprint density at radius 3 is 2.38 bits per heavy atom. The number of rotatable bonds is 8. The molecule has 0 aliphatic carbocycles. The summed E-state index contributed by atoms with van der Waals surface area (Å²) in [6.07, 6.45) is 3.62. The molecule has 0 saturated heterocycles. The van der Waals surface area contributed by atoms with Gasteiger partial charge < -0.3 is 14.8 Å². The highest BCUT2D eigenvalue weighted by molar-refractivity contribution is 5.39. The van der Waals surface area contributed by atoms with Crippen LogP contribution in [0.15, 0.2) is 48.8 Å². The summed E-state index contributed by atoms with van der Waals surface area (Å²) in [7, 11) is 0. The fourth-order valence-electron chi connectivity index (χ4n) is 2.05. The van der Waals surface area contributed by atoms with Crippen LogP contribution in [-0.4, -0.2) is 24.7 Å². The Bertz CT molecular complexity index is 531. The maximum atomic E-state index is 5.78. The lowest BCUT2D eigenvalue weighted by Gasteiger charge is -2.15. The van der Waals surface area contributed by atoms with Gasteiger partial charge in [-0.05, 0) is 43.7 Å². The average Bonchev–Trinajstić information content (AvgIpc) is 2.54. The minimum absolute atomic E-state index is 0.277.